The van der Waals surface area contributed by atoms with E-state index in [2.05, 4.69) is 10.3 Å². The molecule has 19 heavy (non-hydrogen) atoms. The number of carbonyl (C=O) groups excluding carboxylic acids is 1. The lowest BCUT2D eigenvalue weighted by molar-refractivity contribution is -0.114. The average Bonchev–Trinajstić information content (AvgIpc) is 2.27. The first-order valence-corrected chi connectivity index (χ1v) is 6.15. The standard InChI is InChI=1S/C14H22N4O/c1-11(19)16-13-8-6-7-12(9-13)10-15-14(17(2)3)18(4)5/h6-9H,10H2,1-5H3,(H,16,19). The molecule has 1 aromatic rings. The molecule has 0 bridgehead atoms. The smallest absolute Gasteiger partial charge is 0.221 e. The van der Waals surface area contributed by atoms with E-state index in [4.69, 9.17) is 0 Å². The molecule has 0 saturated carbocycles. The maximum absolute atomic E-state index is 11.0. The molecule has 1 amide bonds. The number of carbonyl (C=O) groups is 1. The molecule has 0 aromatic heterocycles. The number of aliphatic imine (C=N–C) groups is 1. The Labute approximate surface area is 114 Å². The van der Waals surface area contributed by atoms with E-state index in [9.17, 15) is 4.79 Å². The summed E-state index contributed by atoms with van der Waals surface area (Å²) in [5.74, 6) is 0.841. The zero-order chi connectivity index (χ0) is 14.4. The van der Waals surface area contributed by atoms with E-state index in [-0.39, 0.29) is 5.91 Å². The third-order valence-corrected chi connectivity index (χ3v) is 2.45. The molecule has 1 N–H and O–H groups in total. The van der Waals surface area contributed by atoms with Gasteiger partial charge in [0.05, 0.1) is 6.54 Å². The number of hydrogen-bond donors (Lipinski definition) is 1. The molecule has 1 aromatic carbocycles. The van der Waals surface area contributed by atoms with Gasteiger partial charge in [0.25, 0.3) is 0 Å². The van der Waals surface area contributed by atoms with Gasteiger partial charge in [0.15, 0.2) is 5.96 Å². The molecule has 0 radical (unpaired) electrons. The highest BCUT2D eigenvalue weighted by Gasteiger charge is 2.04. The Hall–Kier alpha value is -2.04. The SMILES string of the molecule is CC(=O)Nc1cccc(CN=C(N(C)C)N(C)C)c1. The number of guanidine groups is 1. The quantitative estimate of drug-likeness (QED) is 0.665. The van der Waals surface area contributed by atoms with Gasteiger partial charge in [0, 0.05) is 40.8 Å². The minimum absolute atomic E-state index is 0.0667. The second-order valence-electron chi connectivity index (χ2n) is 4.79. The number of nitrogens with one attached hydrogen (secondary N) is 1. The van der Waals surface area contributed by atoms with Crippen molar-refractivity contribution in [1.29, 1.82) is 0 Å². The third-order valence-electron chi connectivity index (χ3n) is 2.45. The first-order valence-electron chi connectivity index (χ1n) is 6.15. The van der Waals surface area contributed by atoms with Crippen LogP contribution in [0.15, 0.2) is 29.3 Å². The van der Waals surface area contributed by atoms with Gasteiger partial charge in [0.2, 0.25) is 5.91 Å². The van der Waals surface area contributed by atoms with Crippen molar-refractivity contribution in [3.8, 4) is 0 Å². The number of benzene rings is 1. The highest BCUT2D eigenvalue weighted by molar-refractivity contribution is 5.88. The number of nitrogens with zero attached hydrogens (tertiary/aromatic N) is 3. The molecule has 0 spiro atoms. The summed E-state index contributed by atoms with van der Waals surface area (Å²) in [6.45, 7) is 2.08. The van der Waals surface area contributed by atoms with Gasteiger partial charge in [-0.1, -0.05) is 12.1 Å². The van der Waals surface area contributed by atoms with Gasteiger partial charge >= 0.3 is 0 Å². The van der Waals surface area contributed by atoms with Crippen LogP contribution in [0.3, 0.4) is 0 Å². The van der Waals surface area contributed by atoms with Crippen LogP contribution in [0, 0.1) is 0 Å². The van der Waals surface area contributed by atoms with Gasteiger partial charge in [0.1, 0.15) is 0 Å². The van der Waals surface area contributed by atoms with Crippen LogP contribution in [-0.4, -0.2) is 49.9 Å². The van der Waals surface area contributed by atoms with Gasteiger partial charge in [-0.3, -0.25) is 4.79 Å². The van der Waals surface area contributed by atoms with Crippen LogP contribution in [0.1, 0.15) is 12.5 Å². The summed E-state index contributed by atoms with van der Waals surface area (Å²) in [5, 5.41) is 2.77. The highest BCUT2D eigenvalue weighted by Crippen LogP contribution is 2.11. The van der Waals surface area contributed by atoms with E-state index >= 15 is 0 Å². The molecule has 5 heteroatoms. The largest absolute Gasteiger partial charge is 0.349 e. The van der Waals surface area contributed by atoms with Gasteiger partial charge in [-0.25, -0.2) is 4.99 Å². The number of amides is 1. The predicted octanol–water partition coefficient (Wildman–Crippen LogP) is 1.62. The lowest BCUT2D eigenvalue weighted by Crippen LogP contribution is -2.35. The average molecular weight is 262 g/mol. The lowest BCUT2D eigenvalue weighted by Gasteiger charge is -2.22. The maximum atomic E-state index is 11.0. The van der Waals surface area contributed by atoms with E-state index < -0.39 is 0 Å². The fourth-order valence-corrected chi connectivity index (χ4v) is 1.80. The molecule has 0 fully saturated rings. The second-order valence-corrected chi connectivity index (χ2v) is 4.79. The molecule has 0 aliphatic carbocycles. The molecule has 0 unspecified atom stereocenters. The van der Waals surface area contributed by atoms with E-state index in [1.165, 1.54) is 6.92 Å². The zero-order valence-corrected chi connectivity index (χ0v) is 12.3. The summed E-state index contributed by atoms with van der Waals surface area (Å²) in [7, 11) is 7.86. The molecule has 0 atom stereocenters. The molecular weight excluding hydrogens is 240 g/mol. The number of anilines is 1. The first-order chi connectivity index (χ1) is 8.90. The normalized spacial score (nSPS) is 9.74. The number of rotatable bonds is 3. The minimum atomic E-state index is -0.0667. The summed E-state index contributed by atoms with van der Waals surface area (Å²) in [4.78, 5) is 19.5. The summed E-state index contributed by atoms with van der Waals surface area (Å²) in [5.41, 5.74) is 1.86. The number of hydrogen-bond acceptors (Lipinski definition) is 2. The van der Waals surface area contributed by atoms with Crippen LogP contribution in [0.25, 0.3) is 0 Å². The van der Waals surface area contributed by atoms with Crippen molar-refractivity contribution in [3.05, 3.63) is 29.8 Å². The van der Waals surface area contributed by atoms with E-state index in [1.807, 2.05) is 62.3 Å². The molecule has 0 aliphatic rings. The fraction of sp³-hybridized carbons (Fsp3) is 0.429. The first kappa shape index (κ1) is 15.0. The predicted molar refractivity (Wildman–Crippen MR) is 79.3 cm³/mol. The Morgan fingerprint density at radius 2 is 1.84 bits per heavy atom. The van der Waals surface area contributed by atoms with E-state index in [0.29, 0.717) is 6.54 Å². The Morgan fingerprint density at radius 1 is 1.21 bits per heavy atom. The second kappa shape index (κ2) is 6.78. The molecule has 5 nitrogen and oxygen atoms in total. The highest BCUT2D eigenvalue weighted by atomic mass is 16.1. The van der Waals surface area contributed by atoms with Crippen molar-refractivity contribution in [1.82, 2.24) is 9.80 Å². The Morgan fingerprint density at radius 3 is 2.37 bits per heavy atom. The van der Waals surface area contributed by atoms with Crippen LogP contribution >= 0.6 is 0 Å². The Bertz CT molecular complexity index is 456. The van der Waals surface area contributed by atoms with Crippen LogP contribution in [-0.2, 0) is 11.3 Å². The molecular formula is C14H22N4O. The Balaban J connectivity index is 2.82. The molecule has 1 rings (SSSR count). The van der Waals surface area contributed by atoms with Crippen LogP contribution < -0.4 is 5.32 Å². The van der Waals surface area contributed by atoms with Crippen molar-refractivity contribution in [2.24, 2.45) is 4.99 Å². The summed E-state index contributed by atoms with van der Waals surface area (Å²) in [6, 6.07) is 7.72. The monoisotopic (exact) mass is 262 g/mol. The van der Waals surface area contributed by atoms with E-state index in [0.717, 1.165) is 17.2 Å². The summed E-state index contributed by atoms with van der Waals surface area (Å²) in [6.07, 6.45) is 0. The Kier molecular flexibility index (Phi) is 5.36. The van der Waals surface area contributed by atoms with Crippen molar-refractivity contribution < 1.29 is 4.79 Å². The third kappa shape index (κ3) is 4.99. The van der Waals surface area contributed by atoms with Gasteiger partial charge in [-0.15, -0.1) is 0 Å². The fourth-order valence-electron chi connectivity index (χ4n) is 1.80. The van der Waals surface area contributed by atoms with Gasteiger partial charge < -0.3 is 15.1 Å². The van der Waals surface area contributed by atoms with Gasteiger partial charge in [-0.2, -0.15) is 0 Å². The molecule has 0 aliphatic heterocycles. The zero-order valence-electron chi connectivity index (χ0n) is 12.3. The van der Waals surface area contributed by atoms with Crippen molar-refractivity contribution >= 4 is 17.6 Å². The van der Waals surface area contributed by atoms with Crippen molar-refractivity contribution in [3.63, 3.8) is 0 Å². The van der Waals surface area contributed by atoms with Crippen molar-refractivity contribution in [2.75, 3.05) is 33.5 Å². The van der Waals surface area contributed by atoms with Crippen LogP contribution in [0.5, 0.6) is 0 Å². The summed E-state index contributed by atoms with van der Waals surface area (Å²) < 4.78 is 0. The molecule has 0 heterocycles. The maximum Gasteiger partial charge on any atom is 0.221 e. The lowest BCUT2D eigenvalue weighted by atomic mass is 10.2. The summed E-state index contributed by atoms with van der Waals surface area (Å²) >= 11 is 0. The van der Waals surface area contributed by atoms with Crippen molar-refractivity contribution in [2.45, 2.75) is 13.5 Å². The van der Waals surface area contributed by atoms with Crippen LogP contribution in [0.2, 0.25) is 0 Å². The minimum Gasteiger partial charge on any atom is -0.349 e. The topological polar surface area (TPSA) is 47.9 Å². The van der Waals surface area contributed by atoms with E-state index in [1.54, 1.807) is 0 Å². The van der Waals surface area contributed by atoms with Crippen LogP contribution in [0.4, 0.5) is 5.69 Å². The van der Waals surface area contributed by atoms with Gasteiger partial charge in [-0.05, 0) is 17.7 Å². The molecule has 0 saturated heterocycles. The molecule has 104 valence electrons.